The molecule has 194 valence electrons. The van der Waals surface area contributed by atoms with E-state index in [9.17, 15) is 13.2 Å². The summed E-state index contributed by atoms with van der Waals surface area (Å²) >= 11 is 1.70. The quantitative estimate of drug-likeness (QED) is 0.223. The molecular weight excluding hydrogens is 481 g/mol. The fourth-order valence-electron chi connectivity index (χ4n) is 4.86. The van der Waals surface area contributed by atoms with Crippen LogP contribution in [0.15, 0.2) is 47.5 Å². The van der Waals surface area contributed by atoms with Crippen LogP contribution in [-0.2, 0) is 6.18 Å². The molecule has 2 aromatic carbocycles. The van der Waals surface area contributed by atoms with Crippen LogP contribution < -0.4 is 15.5 Å². The van der Waals surface area contributed by atoms with Gasteiger partial charge in [-0.1, -0.05) is 18.9 Å². The number of alkyl halides is 3. The fraction of sp³-hybridized carbons (Fsp3) is 0.464. The molecule has 1 aromatic heterocycles. The number of nitrogens with one attached hydrogen (secondary N) is 2. The second-order valence-corrected chi connectivity index (χ2v) is 10.6. The maximum Gasteiger partial charge on any atom is 0.416 e. The normalized spacial score (nSPS) is 14.4. The van der Waals surface area contributed by atoms with Gasteiger partial charge in [0.25, 0.3) is 0 Å². The maximum atomic E-state index is 13.0. The van der Waals surface area contributed by atoms with E-state index in [1.54, 1.807) is 24.0 Å². The summed E-state index contributed by atoms with van der Waals surface area (Å²) in [7, 11) is 0. The number of halogens is 3. The van der Waals surface area contributed by atoms with Crippen molar-refractivity contribution in [2.45, 2.75) is 50.6 Å². The van der Waals surface area contributed by atoms with Crippen molar-refractivity contribution >= 4 is 34.0 Å². The molecule has 2 N–H and O–H groups in total. The zero-order chi connectivity index (χ0) is 25.5. The van der Waals surface area contributed by atoms with Crippen LogP contribution in [-0.4, -0.2) is 43.5 Å². The Morgan fingerprint density at radius 2 is 1.69 bits per heavy atom. The first kappa shape index (κ1) is 26.6. The highest BCUT2D eigenvalue weighted by Crippen LogP contribution is 2.34. The summed E-state index contributed by atoms with van der Waals surface area (Å²) < 4.78 is 38.9. The molecule has 1 aliphatic rings. The lowest BCUT2D eigenvalue weighted by Crippen LogP contribution is -2.44. The van der Waals surface area contributed by atoms with E-state index in [2.05, 4.69) is 46.5 Å². The Labute approximate surface area is 216 Å². The third kappa shape index (κ3) is 6.85. The highest BCUT2D eigenvalue weighted by atomic mass is 32.2. The lowest BCUT2D eigenvalue weighted by molar-refractivity contribution is -0.137. The Kier molecular flexibility index (Phi) is 9.01. The van der Waals surface area contributed by atoms with Crippen molar-refractivity contribution in [1.82, 2.24) is 10.3 Å². The highest BCUT2D eigenvalue weighted by Gasteiger charge is 2.30. The molecule has 0 amide bonds. The molecule has 1 fully saturated rings. The Bertz CT molecular complexity index is 1140. The molecule has 0 saturated carbocycles. The van der Waals surface area contributed by atoms with Gasteiger partial charge in [-0.05, 0) is 73.9 Å². The van der Waals surface area contributed by atoms with Gasteiger partial charge in [-0.3, -0.25) is 4.98 Å². The maximum absolute atomic E-state index is 13.0. The number of pyridine rings is 1. The van der Waals surface area contributed by atoms with Crippen molar-refractivity contribution < 1.29 is 13.2 Å². The topological polar surface area (TPSA) is 40.2 Å². The van der Waals surface area contributed by atoms with Gasteiger partial charge in [0.2, 0.25) is 0 Å². The van der Waals surface area contributed by atoms with Gasteiger partial charge >= 0.3 is 6.18 Å². The van der Waals surface area contributed by atoms with Gasteiger partial charge in [0.15, 0.2) is 0 Å². The van der Waals surface area contributed by atoms with Crippen molar-refractivity contribution in [2.75, 3.05) is 48.7 Å². The van der Waals surface area contributed by atoms with Crippen molar-refractivity contribution in [1.29, 1.82) is 0 Å². The summed E-state index contributed by atoms with van der Waals surface area (Å²) in [4.78, 5) is 7.61. The smallest absolute Gasteiger partial charge is 0.385 e. The Morgan fingerprint density at radius 1 is 0.972 bits per heavy atom. The molecule has 0 unspecified atom stereocenters. The number of benzene rings is 2. The first-order valence-electron chi connectivity index (χ1n) is 12.7. The van der Waals surface area contributed by atoms with Gasteiger partial charge in [-0.25, -0.2) is 0 Å². The SMILES string of the molecule is Cc1cc(NCCCCCCSc2ccnc3cc(C(F)(F)F)ccc23)cc(C)c1N1CCNCC1. The van der Waals surface area contributed by atoms with Gasteiger partial charge < -0.3 is 15.5 Å². The number of piperazine rings is 1. The average molecular weight is 517 g/mol. The van der Waals surface area contributed by atoms with E-state index >= 15 is 0 Å². The van der Waals surface area contributed by atoms with Crippen LogP contribution in [0, 0.1) is 13.8 Å². The van der Waals surface area contributed by atoms with Gasteiger partial charge in [-0.2, -0.15) is 13.2 Å². The summed E-state index contributed by atoms with van der Waals surface area (Å²) in [6, 6.07) is 10.2. The molecule has 0 aliphatic carbocycles. The number of fused-ring (bicyclic) bond motifs is 1. The summed E-state index contributed by atoms with van der Waals surface area (Å²) in [6.07, 6.45) is 1.72. The molecule has 36 heavy (non-hydrogen) atoms. The third-order valence-electron chi connectivity index (χ3n) is 6.61. The summed E-state index contributed by atoms with van der Waals surface area (Å²) in [5.74, 6) is 0.944. The molecule has 1 saturated heterocycles. The standard InChI is InChI=1S/C28H35F3N4S/c1-20-17-23(18-21(2)27(20)35-14-12-32-13-15-35)33-10-5-3-4-6-16-36-26-9-11-34-25-19-22(28(29,30)31)7-8-24(25)26/h7-9,11,17-19,32-33H,3-6,10,12-16H2,1-2H3. The van der Waals surface area contributed by atoms with E-state index in [1.165, 1.54) is 22.5 Å². The van der Waals surface area contributed by atoms with E-state index in [1.807, 2.05) is 6.07 Å². The number of aryl methyl sites for hydroxylation is 2. The summed E-state index contributed by atoms with van der Waals surface area (Å²) in [5, 5.41) is 7.79. The van der Waals surface area contributed by atoms with Crippen molar-refractivity contribution in [3.8, 4) is 0 Å². The molecule has 3 aromatic rings. The zero-order valence-electron chi connectivity index (χ0n) is 21.0. The van der Waals surface area contributed by atoms with Crippen LogP contribution in [0.2, 0.25) is 0 Å². The van der Waals surface area contributed by atoms with Crippen LogP contribution in [0.1, 0.15) is 42.4 Å². The molecule has 0 spiro atoms. The average Bonchev–Trinajstić information content (AvgIpc) is 2.85. The predicted molar refractivity (Wildman–Crippen MR) is 145 cm³/mol. The number of anilines is 2. The molecule has 8 heteroatoms. The van der Waals surface area contributed by atoms with Crippen molar-refractivity contribution in [2.24, 2.45) is 0 Å². The minimum absolute atomic E-state index is 0.396. The zero-order valence-corrected chi connectivity index (χ0v) is 21.9. The van der Waals surface area contributed by atoms with Crippen molar-refractivity contribution in [3.05, 3.63) is 59.3 Å². The number of thioether (sulfide) groups is 1. The number of nitrogens with zero attached hydrogens (tertiary/aromatic N) is 2. The minimum atomic E-state index is -4.35. The van der Waals surface area contributed by atoms with Gasteiger partial charge in [-0.15, -0.1) is 11.8 Å². The van der Waals surface area contributed by atoms with E-state index in [-0.39, 0.29) is 0 Å². The first-order valence-corrected chi connectivity index (χ1v) is 13.7. The van der Waals surface area contributed by atoms with E-state index < -0.39 is 11.7 Å². The molecule has 2 heterocycles. The second kappa shape index (κ2) is 12.2. The molecule has 0 bridgehead atoms. The molecule has 0 atom stereocenters. The second-order valence-electron chi connectivity index (χ2n) is 9.42. The molecule has 0 radical (unpaired) electrons. The number of hydrogen-bond acceptors (Lipinski definition) is 5. The molecular formula is C28H35F3N4S. The number of aromatic nitrogens is 1. The van der Waals surface area contributed by atoms with E-state index in [4.69, 9.17) is 0 Å². The van der Waals surface area contributed by atoms with Crippen molar-refractivity contribution in [3.63, 3.8) is 0 Å². The van der Waals surface area contributed by atoms with E-state index in [0.717, 1.165) is 86.6 Å². The Morgan fingerprint density at radius 3 is 2.42 bits per heavy atom. The lowest BCUT2D eigenvalue weighted by Gasteiger charge is -2.32. The van der Waals surface area contributed by atoms with Gasteiger partial charge in [0, 0.05) is 60.6 Å². The Hall–Kier alpha value is -2.45. The van der Waals surface area contributed by atoms with Gasteiger partial charge in [0.05, 0.1) is 11.1 Å². The van der Waals surface area contributed by atoms with Crippen LogP contribution in [0.4, 0.5) is 24.5 Å². The predicted octanol–water partition coefficient (Wildman–Crippen LogP) is 7.04. The largest absolute Gasteiger partial charge is 0.416 e. The van der Waals surface area contributed by atoms with E-state index in [0.29, 0.717) is 5.52 Å². The van der Waals surface area contributed by atoms with Crippen LogP contribution in [0.25, 0.3) is 10.9 Å². The first-order chi connectivity index (χ1) is 17.3. The highest BCUT2D eigenvalue weighted by molar-refractivity contribution is 7.99. The van der Waals surface area contributed by atoms with Crippen LogP contribution in [0.3, 0.4) is 0 Å². The molecule has 1 aliphatic heterocycles. The van der Waals surface area contributed by atoms with Crippen LogP contribution >= 0.6 is 11.8 Å². The molecule has 4 rings (SSSR count). The van der Waals surface area contributed by atoms with Crippen LogP contribution in [0.5, 0.6) is 0 Å². The monoisotopic (exact) mass is 516 g/mol. The van der Waals surface area contributed by atoms with Gasteiger partial charge in [0.1, 0.15) is 0 Å². The third-order valence-corrected chi connectivity index (χ3v) is 7.77. The number of hydrogen-bond donors (Lipinski definition) is 2. The fourth-order valence-corrected chi connectivity index (χ4v) is 5.92. The lowest BCUT2D eigenvalue weighted by atomic mass is 10.1. The number of rotatable bonds is 10. The summed E-state index contributed by atoms with van der Waals surface area (Å²) in [5.41, 5.74) is 4.97. The molecule has 4 nitrogen and oxygen atoms in total. The summed E-state index contributed by atoms with van der Waals surface area (Å²) in [6.45, 7) is 9.56. The minimum Gasteiger partial charge on any atom is -0.385 e. The Balaban J connectivity index is 1.17. The number of unbranched alkanes of at least 4 members (excludes halogenated alkanes) is 3.